The molecule has 0 aliphatic heterocycles. The summed E-state index contributed by atoms with van der Waals surface area (Å²) in [5.74, 6) is 0.330. The Hall–Kier alpha value is -3.41. The first-order chi connectivity index (χ1) is 12.6. The van der Waals surface area contributed by atoms with Crippen molar-refractivity contribution in [3.05, 3.63) is 72.5 Å². The van der Waals surface area contributed by atoms with Gasteiger partial charge in [0, 0.05) is 18.2 Å². The highest BCUT2D eigenvalue weighted by molar-refractivity contribution is 6.01. The molecule has 1 aromatic heterocycles. The maximum Gasteiger partial charge on any atom is 0.254 e. The lowest BCUT2D eigenvalue weighted by Gasteiger charge is -2.20. The molecular formula is C20H19N3O3. The summed E-state index contributed by atoms with van der Waals surface area (Å²) >= 11 is 0. The van der Waals surface area contributed by atoms with Crippen LogP contribution in [0.5, 0.6) is 0 Å². The van der Waals surface area contributed by atoms with E-state index >= 15 is 0 Å². The highest BCUT2D eigenvalue weighted by atomic mass is 16.5. The molecule has 26 heavy (non-hydrogen) atoms. The second kappa shape index (κ2) is 7.65. The van der Waals surface area contributed by atoms with Gasteiger partial charge in [-0.3, -0.25) is 9.59 Å². The maximum atomic E-state index is 12.8. The van der Waals surface area contributed by atoms with Crippen molar-refractivity contribution in [1.29, 1.82) is 0 Å². The molecule has 132 valence electrons. The highest BCUT2D eigenvalue weighted by Gasteiger charge is 2.19. The van der Waals surface area contributed by atoms with E-state index in [2.05, 4.69) is 17.1 Å². The summed E-state index contributed by atoms with van der Waals surface area (Å²) in [6.45, 7) is 5.55. The Morgan fingerprint density at radius 1 is 1.19 bits per heavy atom. The number of fused-ring (bicyclic) bond motifs is 1. The molecule has 2 aromatic carbocycles. The van der Waals surface area contributed by atoms with E-state index in [4.69, 9.17) is 4.52 Å². The second-order valence-corrected chi connectivity index (χ2v) is 5.91. The van der Waals surface area contributed by atoms with Gasteiger partial charge in [-0.05, 0) is 29.8 Å². The summed E-state index contributed by atoms with van der Waals surface area (Å²) in [4.78, 5) is 26.5. The van der Waals surface area contributed by atoms with E-state index in [-0.39, 0.29) is 24.9 Å². The lowest BCUT2D eigenvalue weighted by atomic mass is 10.1. The largest absolute Gasteiger partial charge is 0.360 e. The van der Waals surface area contributed by atoms with Gasteiger partial charge < -0.3 is 14.7 Å². The molecule has 1 N–H and O–H groups in total. The number of carbonyl (C=O) groups is 2. The summed E-state index contributed by atoms with van der Waals surface area (Å²) in [7, 11) is 0. The number of amides is 2. The smallest absolute Gasteiger partial charge is 0.254 e. The topological polar surface area (TPSA) is 75.4 Å². The number of hydrogen-bond donors (Lipinski definition) is 1. The van der Waals surface area contributed by atoms with Gasteiger partial charge in [0.2, 0.25) is 5.91 Å². The summed E-state index contributed by atoms with van der Waals surface area (Å²) in [6.07, 6.45) is 1.59. The number of hydrogen-bond acceptors (Lipinski definition) is 4. The third-order valence-electron chi connectivity index (χ3n) is 3.86. The van der Waals surface area contributed by atoms with Gasteiger partial charge in [-0.2, -0.15) is 0 Å². The number of rotatable bonds is 6. The average Bonchev–Trinajstić information content (AvgIpc) is 3.05. The van der Waals surface area contributed by atoms with Crippen molar-refractivity contribution in [2.45, 2.75) is 6.92 Å². The van der Waals surface area contributed by atoms with Gasteiger partial charge in [0.25, 0.3) is 5.91 Å². The van der Waals surface area contributed by atoms with Crippen LogP contribution in [0, 0.1) is 6.92 Å². The van der Waals surface area contributed by atoms with E-state index in [0.29, 0.717) is 17.1 Å². The first kappa shape index (κ1) is 17.4. The normalized spacial score (nSPS) is 10.5. The van der Waals surface area contributed by atoms with Crippen molar-refractivity contribution in [2.24, 2.45) is 0 Å². The number of nitrogens with one attached hydrogen (secondary N) is 1. The van der Waals surface area contributed by atoms with Gasteiger partial charge in [0.1, 0.15) is 12.3 Å². The van der Waals surface area contributed by atoms with Crippen molar-refractivity contribution in [3.8, 4) is 0 Å². The van der Waals surface area contributed by atoms with E-state index in [1.807, 2.05) is 36.4 Å². The van der Waals surface area contributed by atoms with E-state index in [0.717, 1.165) is 10.8 Å². The van der Waals surface area contributed by atoms with Crippen molar-refractivity contribution in [1.82, 2.24) is 10.1 Å². The van der Waals surface area contributed by atoms with Crippen LogP contribution in [0.3, 0.4) is 0 Å². The van der Waals surface area contributed by atoms with Gasteiger partial charge >= 0.3 is 0 Å². The van der Waals surface area contributed by atoms with E-state index in [9.17, 15) is 9.59 Å². The second-order valence-electron chi connectivity index (χ2n) is 5.91. The quantitative estimate of drug-likeness (QED) is 0.692. The Balaban J connectivity index is 1.75. The molecule has 0 saturated carbocycles. The molecule has 3 rings (SSSR count). The minimum Gasteiger partial charge on any atom is -0.360 e. The molecule has 0 radical (unpaired) electrons. The van der Waals surface area contributed by atoms with Gasteiger partial charge in [-0.15, -0.1) is 6.58 Å². The third-order valence-corrected chi connectivity index (χ3v) is 3.86. The van der Waals surface area contributed by atoms with Crippen LogP contribution in [-0.4, -0.2) is 35.0 Å². The number of nitrogens with zero attached hydrogens (tertiary/aromatic N) is 2. The zero-order chi connectivity index (χ0) is 18.5. The number of benzene rings is 2. The monoisotopic (exact) mass is 349 g/mol. The molecule has 0 fully saturated rings. The molecule has 0 saturated heterocycles. The van der Waals surface area contributed by atoms with Crippen LogP contribution in [0.25, 0.3) is 10.8 Å². The predicted molar refractivity (Wildman–Crippen MR) is 99.9 cm³/mol. The molecule has 0 bridgehead atoms. The van der Waals surface area contributed by atoms with Crippen LogP contribution in [0.1, 0.15) is 16.1 Å². The molecular weight excluding hydrogens is 330 g/mol. The van der Waals surface area contributed by atoms with Gasteiger partial charge in [0.15, 0.2) is 5.82 Å². The van der Waals surface area contributed by atoms with E-state index in [1.165, 1.54) is 4.90 Å². The Morgan fingerprint density at radius 3 is 2.65 bits per heavy atom. The number of aromatic nitrogens is 1. The summed E-state index contributed by atoms with van der Waals surface area (Å²) in [5.41, 5.74) is 0.524. The fourth-order valence-electron chi connectivity index (χ4n) is 2.66. The summed E-state index contributed by atoms with van der Waals surface area (Å²) in [5, 5.41) is 8.36. The predicted octanol–water partition coefficient (Wildman–Crippen LogP) is 3.40. The molecule has 0 aliphatic rings. The number of carbonyl (C=O) groups excluding carboxylic acids is 2. The van der Waals surface area contributed by atoms with E-state index < -0.39 is 0 Å². The molecule has 6 nitrogen and oxygen atoms in total. The highest BCUT2D eigenvalue weighted by Crippen LogP contribution is 2.17. The molecule has 6 heteroatoms. The molecule has 0 spiro atoms. The zero-order valence-electron chi connectivity index (χ0n) is 14.4. The van der Waals surface area contributed by atoms with Crippen molar-refractivity contribution in [3.63, 3.8) is 0 Å². The van der Waals surface area contributed by atoms with Crippen LogP contribution < -0.4 is 5.32 Å². The Bertz CT molecular complexity index is 962. The fraction of sp³-hybridized carbons (Fsp3) is 0.150. The van der Waals surface area contributed by atoms with Crippen molar-refractivity contribution in [2.75, 3.05) is 18.4 Å². The van der Waals surface area contributed by atoms with E-state index in [1.54, 1.807) is 25.1 Å². The third kappa shape index (κ3) is 3.97. The zero-order valence-corrected chi connectivity index (χ0v) is 14.4. The van der Waals surface area contributed by atoms with Crippen LogP contribution >= 0.6 is 0 Å². The Labute approximate surface area is 151 Å². The molecule has 2 amide bonds. The molecule has 3 aromatic rings. The average molecular weight is 349 g/mol. The first-order valence-corrected chi connectivity index (χ1v) is 8.19. The standard InChI is InChI=1S/C20H19N3O3/c1-3-10-23(13-19(24)21-18-11-14(2)26-22-18)20(25)17-9-8-15-6-4-5-7-16(15)12-17/h3-9,11-12H,1,10,13H2,2H3,(H,21,22,24). The Kier molecular flexibility index (Phi) is 5.12. The van der Waals surface area contributed by atoms with Crippen LogP contribution in [0.15, 0.2) is 65.7 Å². The lowest BCUT2D eigenvalue weighted by molar-refractivity contribution is -0.116. The van der Waals surface area contributed by atoms with Crippen LogP contribution in [-0.2, 0) is 4.79 Å². The fourth-order valence-corrected chi connectivity index (χ4v) is 2.66. The van der Waals surface area contributed by atoms with Gasteiger partial charge in [-0.1, -0.05) is 41.6 Å². The van der Waals surface area contributed by atoms with Crippen LogP contribution in [0.2, 0.25) is 0 Å². The van der Waals surface area contributed by atoms with Crippen molar-refractivity contribution < 1.29 is 14.1 Å². The molecule has 0 atom stereocenters. The minimum absolute atomic E-state index is 0.108. The molecule has 1 heterocycles. The lowest BCUT2D eigenvalue weighted by Crippen LogP contribution is -2.38. The maximum absolute atomic E-state index is 12.8. The summed E-state index contributed by atoms with van der Waals surface area (Å²) < 4.78 is 4.91. The first-order valence-electron chi connectivity index (χ1n) is 8.19. The minimum atomic E-state index is -0.353. The Morgan fingerprint density at radius 2 is 1.96 bits per heavy atom. The van der Waals surface area contributed by atoms with Crippen molar-refractivity contribution >= 4 is 28.4 Å². The SMILES string of the molecule is C=CCN(CC(=O)Nc1cc(C)on1)C(=O)c1ccc2ccccc2c1. The van der Waals surface area contributed by atoms with Gasteiger partial charge in [-0.25, -0.2) is 0 Å². The molecule has 0 aliphatic carbocycles. The summed E-state index contributed by atoms with van der Waals surface area (Å²) in [6, 6.07) is 14.9. The van der Waals surface area contributed by atoms with Crippen LogP contribution in [0.4, 0.5) is 5.82 Å². The number of aryl methyl sites for hydroxylation is 1. The van der Waals surface area contributed by atoms with Gasteiger partial charge in [0.05, 0.1) is 0 Å². The molecule has 0 unspecified atom stereocenters. The number of anilines is 1.